The second-order valence-electron chi connectivity index (χ2n) is 6.43. The first kappa shape index (κ1) is 21.0. The summed E-state index contributed by atoms with van der Waals surface area (Å²) < 4.78 is 10.4. The zero-order valence-electron chi connectivity index (χ0n) is 15.1. The average molecular weight is 394 g/mol. The maximum absolute atomic E-state index is 12.4. The van der Waals surface area contributed by atoms with Gasteiger partial charge in [0.05, 0.1) is 12.3 Å². The molecule has 27 heavy (non-hydrogen) atoms. The van der Waals surface area contributed by atoms with Crippen LogP contribution in [0, 0.1) is 12.8 Å². The van der Waals surface area contributed by atoms with Crippen LogP contribution < -0.4 is 16.4 Å². The van der Waals surface area contributed by atoms with Crippen molar-refractivity contribution < 1.29 is 18.7 Å². The predicted octanol–water partition coefficient (Wildman–Crippen LogP) is 2.95. The van der Waals surface area contributed by atoms with Crippen molar-refractivity contribution in [2.75, 3.05) is 23.8 Å². The number of nitrogens with one attached hydrogen (secondary N) is 2. The van der Waals surface area contributed by atoms with Gasteiger partial charge in [-0.25, -0.2) is 0 Å². The van der Waals surface area contributed by atoms with Crippen molar-refractivity contribution in [3.63, 3.8) is 0 Å². The summed E-state index contributed by atoms with van der Waals surface area (Å²) in [5.74, 6) is -0.152. The molecular formula is C19H24ClN3O4. The van der Waals surface area contributed by atoms with Crippen LogP contribution in [0.2, 0.25) is 0 Å². The molecule has 0 saturated carbocycles. The van der Waals surface area contributed by atoms with Gasteiger partial charge in [0, 0.05) is 24.6 Å². The highest BCUT2D eigenvalue weighted by Crippen LogP contribution is 2.22. The molecule has 1 aromatic heterocycles. The molecular weight excluding hydrogens is 370 g/mol. The molecule has 4 N–H and O–H groups in total. The van der Waals surface area contributed by atoms with E-state index in [1.54, 1.807) is 30.3 Å². The number of halogens is 1. The van der Waals surface area contributed by atoms with Crippen LogP contribution in [-0.4, -0.2) is 31.1 Å². The molecule has 3 rings (SSSR count). The summed E-state index contributed by atoms with van der Waals surface area (Å²) in [6.07, 6.45) is 3.04. The predicted molar refractivity (Wildman–Crippen MR) is 105 cm³/mol. The van der Waals surface area contributed by atoms with E-state index in [0.29, 0.717) is 24.6 Å². The Bertz CT molecular complexity index is 773. The lowest BCUT2D eigenvalue weighted by atomic mass is 9.92. The minimum atomic E-state index is -0.558. The highest BCUT2D eigenvalue weighted by Gasteiger charge is 2.26. The molecule has 2 aromatic rings. The maximum atomic E-state index is 12.4. The van der Waals surface area contributed by atoms with Crippen molar-refractivity contribution in [3.8, 4) is 0 Å². The Balaban J connectivity index is 0.00000261. The zero-order chi connectivity index (χ0) is 18.5. The van der Waals surface area contributed by atoms with E-state index in [1.165, 1.54) is 6.26 Å². The van der Waals surface area contributed by atoms with Gasteiger partial charge in [-0.2, -0.15) is 0 Å². The maximum Gasteiger partial charge on any atom is 0.291 e. The second kappa shape index (κ2) is 9.55. The van der Waals surface area contributed by atoms with Crippen molar-refractivity contribution in [1.82, 2.24) is 0 Å². The molecule has 0 bridgehead atoms. The lowest BCUT2D eigenvalue weighted by molar-refractivity contribution is -0.119. The highest BCUT2D eigenvalue weighted by molar-refractivity contribution is 6.03. The second-order valence-corrected chi connectivity index (χ2v) is 6.43. The van der Waals surface area contributed by atoms with Crippen LogP contribution in [0.5, 0.6) is 0 Å². The number of anilines is 2. The first-order valence-corrected chi connectivity index (χ1v) is 8.64. The summed E-state index contributed by atoms with van der Waals surface area (Å²) in [6, 6.07) is 7.97. The third kappa shape index (κ3) is 5.32. The van der Waals surface area contributed by atoms with E-state index < -0.39 is 6.04 Å². The van der Waals surface area contributed by atoms with E-state index in [4.69, 9.17) is 14.9 Å². The molecule has 2 amide bonds. The summed E-state index contributed by atoms with van der Waals surface area (Å²) in [4.78, 5) is 24.4. The highest BCUT2D eigenvalue weighted by atomic mass is 35.5. The number of rotatable bonds is 5. The number of hydrogen-bond donors (Lipinski definition) is 3. The summed E-state index contributed by atoms with van der Waals surface area (Å²) in [5, 5.41) is 5.64. The SMILES string of the molecule is Cc1cc(NC(=O)C(N)C2CCOCC2)ccc1NC(=O)c1ccco1.Cl. The Kier molecular flexibility index (Phi) is 7.41. The monoisotopic (exact) mass is 393 g/mol. The molecule has 0 aliphatic carbocycles. The zero-order valence-corrected chi connectivity index (χ0v) is 15.9. The molecule has 1 fully saturated rings. The average Bonchev–Trinajstić information content (AvgIpc) is 3.19. The Hall–Kier alpha value is -2.35. The van der Waals surface area contributed by atoms with Crippen LogP contribution in [0.1, 0.15) is 29.0 Å². The third-order valence-electron chi connectivity index (χ3n) is 4.56. The summed E-state index contributed by atoms with van der Waals surface area (Å²) >= 11 is 0. The minimum absolute atomic E-state index is 0. The molecule has 0 radical (unpaired) electrons. The van der Waals surface area contributed by atoms with E-state index in [-0.39, 0.29) is 35.9 Å². The molecule has 1 atom stereocenters. The summed E-state index contributed by atoms with van der Waals surface area (Å²) in [7, 11) is 0. The van der Waals surface area contributed by atoms with Crippen LogP contribution in [0.4, 0.5) is 11.4 Å². The van der Waals surface area contributed by atoms with Crippen molar-refractivity contribution in [2.45, 2.75) is 25.8 Å². The number of nitrogens with two attached hydrogens (primary N) is 1. The first-order valence-electron chi connectivity index (χ1n) is 8.64. The number of benzene rings is 1. The molecule has 1 aromatic carbocycles. The van der Waals surface area contributed by atoms with Gasteiger partial charge in [-0.1, -0.05) is 0 Å². The Morgan fingerprint density at radius 2 is 1.93 bits per heavy atom. The Morgan fingerprint density at radius 1 is 1.19 bits per heavy atom. The molecule has 2 heterocycles. The fourth-order valence-electron chi connectivity index (χ4n) is 2.99. The molecule has 1 unspecified atom stereocenters. The topological polar surface area (TPSA) is 107 Å². The largest absolute Gasteiger partial charge is 0.459 e. The van der Waals surface area contributed by atoms with Gasteiger partial charge in [0.2, 0.25) is 5.91 Å². The molecule has 7 nitrogen and oxygen atoms in total. The number of aryl methyl sites for hydroxylation is 1. The van der Waals surface area contributed by atoms with Gasteiger partial charge >= 0.3 is 0 Å². The summed E-state index contributed by atoms with van der Waals surface area (Å²) in [6.45, 7) is 3.15. The number of hydrogen-bond acceptors (Lipinski definition) is 5. The fourth-order valence-corrected chi connectivity index (χ4v) is 2.99. The fraction of sp³-hybridized carbons (Fsp3) is 0.368. The summed E-state index contributed by atoms with van der Waals surface area (Å²) in [5.41, 5.74) is 8.21. The number of carbonyl (C=O) groups excluding carboxylic acids is 2. The van der Waals surface area contributed by atoms with Crippen LogP contribution in [0.25, 0.3) is 0 Å². The van der Waals surface area contributed by atoms with Crippen molar-refractivity contribution in [2.24, 2.45) is 11.7 Å². The van der Waals surface area contributed by atoms with Crippen LogP contribution in [-0.2, 0) is 9.53 Å². The van der Waals surface area contributed by atoms with Crippen molar-refractivity contribution in [3.05, 3.63) is 47.9 Å². The van der Waals surface area contributed by atoms with Gasteiger partial charge < -0.3 is 25.5 Å². The van der Waals surface area contributed by atoms with Gasteiger partial charge in [-0.05, 0) is 61.6 Å². The van der Waals surface area contributed by atoms with E-state index in [0.717, 1.165) is 18.4 Å². The molecule has 146 valence electrons. The molecule has 1 aliphatic heterocycles. The van der Waals surface area contributed by atoms with E-state index in [9.17, 15) is 9.59 Å². The lowest BCUT2D eigenvalue weighted by Gasteiger charge is -2.26. The number of amides is 2. The van der Waals surface area contributed by atoms with Crippen molar-refractivity contribution in [1.29, 1.82) is 0 Å². The van der Waals surface area contributed by atoms with E-state index >= 15 is 0 Å². The quantitative estimate of drug-likeness (QED) is 0.724. The van der Waals surface area contributed by atoms with Crippen LogP contribution >= 0.6 is 12.4 Å². The van der Waals surface area contributed by atoms with Gasteiger partial charge in [-0.3, -0.25) is 9.59 Å². The number of carbonyl (C=O) groups is 2. The third-order valence-corrected chi connectivity index (χ3v) is 4.56. The molecule has 1 saturated heterocycles. The Labute approximate surface area is 164 Å². The molecule has 0 spiro atoms. The van der Waals surface area contributed by atoms with Crippen LogP contribution in [0.15, 0.2) is 41.0 Å². The van der Waals surface area contributed by atoms with Gasteiger partial charge in [0.1, 0.15) is 0 Å². The normalized spacial score (nSPS) is 15.5. The smallest absolute Gasteiger partial charge is 0.291 e. The standard InChI is InChI=1S/C19H23N3O4.ClH/c1-12-11-14(21-19(24)17(20)13-6-9-25-10-7-13)4-5-15(12)22-18(23)16-3-2-8-26-16;/h2-5,8,11,13,17H,6-7,9-10,20H2,1H3,(H,21,24)(H,22,23);1H. The van der Waals surface area contributed by atoms with Crippen molar-refractivity contribution >= 4 is 35.6 Å². The van der Waals surface area contributed by atoms with E-state index in [1.807, 2.05) is 6.92 Å². The number of furan rings is 1. The lowest BCUT2D eigenvalue weighted by Crippen LogP contribution is -2.44. The van der Waals surface area contributed by atoms with Gasteiger partial charge in [0.25, 0.3) is 5.91 Å². The minimum Gasteiger partial charge on any atom is -0.459 e. The van der Waals surface area contributed by atoms with Gasteiger partial charge in [0.15, 0.2) is 5.76 Å². The first-order chi connectivity index (χ1) is 12.5. The Morgan fingerprint density at radius 3 is 2.56 bits per heavy atom. The van der Waals surface area contributed by atoms with E-state index in [2.05, 4.69) is 10.6 Å². The molecule has 1 aliphatic rings. The molecule has 8 heteroatoms. The number of ether oxygens (including phenoxy) is 1. The van der Waals surface area contributed by atoms with Gasteiger partial charge in [-0.15, -0.1) is 12.4 Å². The van der Waals surface area contributed by atoms with Crippen LogP contribution in [0.3, 0.4) is 0 Å².